The van der Waals surface area contributed by atoms with Gasteiger partial charge in [-0.05, 0) is 30.7 Å². The van der Waals surface area contributed by atoms with E-state index in [-0.39, 0.29) is 5.91 Å². The highest BCUT2D eigenvalue weighted by molar-refractivity contribution is 9.10. The van der Waals surface area contributed by atoms with Crippen LogP contribution in [0.5, 0.6) is 0 Å². The van der Waals surface area contributed by atoms with Crippen molar-refractivity contribution >= 4 is 27.5 Å². The number of hydrogen-bond acceptors (Lipinski definition) is 3. The highest BCUT2D eigenvalue weighted by atomic mass is 79.9. The fourth-order valence-electron chi connectivity index (χ4n) is 2.18. The average molecular weight is 345 g/mol. The summed E-state index contributed by atoms with van der Waals surface area (Å²) in [7, 11) is 0. The molecule has 0 spiro atoms. The van der Waals surface area contributed by atoms with Crippen molar-refractivity contribution in [2.24, 2.45) is 0 Å². The van der Waals surface area contributed by atoms with Gasteiger partial charge in [-0.1, -0.05) is 28.1 Å². The van der Waals surface area contributed by atoms with Crippen molar-refractivity contribution in [3.05, 3.63) is 64.0 Å². The maximum Gasteiger partial charge on any atom is 0.257 e. The molecule has 2 heterocycles. The molecule has 1 N–H and O–H groups in total. The first kappa shape index (κ1) is 13.8. The minimum Gasteiger partial charge on any atom is -0.348 e. The van der Waals surface area contributed by atoms with Gasteiger partial charge in [0, 0.05) is 23.4 Å². The molecule has 1 amide bonds. The molecule has 0 bridgehead atoms. The predicted octanol–water partition coefficient (Wildman–Crippen LogP) is 2.73. The van der Waals surface area contributed by atoms with E-state index in [4.69, 9.17) is 0 Å². The van der Waals surface area contributed by atoms with Crippen LogP contribution < -0.4 is 5.32 Å². The Bertz CT molecular complexity index is 812. The van der Waals surface area contributed by atoms with Gasteiger partial charge in [0.15, 0.2) is 5.65 Å². The number of aryl methyl sites for hydroxylation is 1. The van der Waals surface area contributed by atoms with Gasteiger partial charge in [-0.25, -0.2) is 9.50 Å². The van der Waals surface area contributed by atoms with Crippen molar-refractivity contribution in [3.8, 4) is 0 Å². The molecule has 3 aromatic rings. The van der Waals surface area contributed by atoms with Gasteiger partial charge >= 0.3 is 0 Å². The molecule has 2 aromatic heterocycles. The molecular weight excluding hydrogens is 332 g/mol. The second-order valence-corrected chi connectivity index (χ2v) is 5.58. The molecule has 0 fully saturated rings. The molecule has 0 saturated heterocycles. The largest absolute Gasteiger partial charge is 0.348 e. The van der Waals surface area contributed by atoms with E-state index in [9.17, 15) is 4.79 Å². The summed E-state index contributed by atoms with van der Waals surface area (Å²) in [5.74, 6) is -0.166. The number of carbonyl (C=O) groups excluding carboxylic acids is 1. The van der Waals surface area contributed by atoms with E-state index in [0.29, 0.717) is 23.4 Å². The molecule has 0 unspecified atom stereocenters. The zero-order valence-electron chi connectivity index (χ0n) is 11.4. The molecule has 0 aliphatic heterocycles. The van der Waals surface area contributed by atoms with Crippen LogP contribution in [0.2, 0.25) is 0 Å². The van der Waals surface area contributed by atoms with E-state index in [1.54, 1.807) is 23.0 Å². The summed E-state index contributed by atoms with van der Waals surface area (Å²) in [6.07, 6.45) is 3.43. The number of fused-ring (bicyclic) bond motifs is 1. The SMILES string of the molecule is Cc1nn2cccnc2c1C(=O)NCc1cccc(Br)c1. The monoisotopic (exact) mass is 344 g/mol. The standard InChI is InChI=1S/C15H13BrN4O/c1-10-13(14-17-6-3-7-20(14)19-10)15(21)18-9-11-4-2-5-12(16)8-11/h2-8H,9H2,1H3,(H,18,21). The minimum atomic E-state index is -0.166. The lowest BCUT2D eigenvalue weighted by molar-refractivity contribution is 0.0951. The van der Waals surface area contributed by atoms with Gasteiger partial charge in [-0.2, -0.15) is 5.10 Å². The van der Waals surface area contributed by atoms with Gasteiger partial charge < -0.3 is 5.32 Å². The van der Waals surface area contributed by atoms with Crippen LogP contribution in [-0.4, -0.2) is 20.5 Å². The zero-order valence-corrected chi connectivity index (χ0v) is 13.0. The predicted molar refractivity (Wildman–Crippen MR) is 83.0 cm³/mol. The minimum absolute atomic E-state index is 0.166. The summed E-state index contributed by atoms with van der Waals surface area (Å²) < 4.78 is 2.60. The summed E-state index contributed by atoms with van der Waals surface area (Å²) in [6.45, 7) is 2.27. The Hall–Kier alpha value is -2.21. The van der Waals surface area contributed by atoms with Crippen LogP contribution >= 0.6 is 15.9 Å². The van der Waals surface area contributed by atoms with Gasteiger partial charge in [0.1, 0.15) is 5.56 Å². The van der Waals surface area contributed by atoms with Crippen LogP contribution in [0, 0.1) is 6.92 Å². The normalized spacial score (nSPS) is 10.8. The van der Waals surface area contributed by atoms with Gasteiger partial charge in [0.2, 0.25) is 0 Å². The molecule has 6 heteroatoms. The van der Waals surface area contributed by atoms with E-state index >= 15 is 0 Å². The Kier molecular flexibility index (Phi) is 3.70. The van der Waals surface area contributed by atoms with Crippen LogP contribution in [0.3, 0.4) is 0 Å². The Morgan fingerprint density at radius 2 is 2.24 bits per heavy atom. The fourth-order valence-corrected chi connectivity index (χ4v) is 2.63. The lowest BCUT2D eigenvalue weighted by Gasteiger charge is -2.05. The molecule has 5 nitrogen and oxygen atoms in total. The zero-order chi connectivity index (χ0) is 14.8. The van der Waals surface area contributed by atoms with E-state index < -0.39 is 0 Å². The van der Waals surface area contributed by atoms with E-state index in [2.05, 4.69) is 31.3 Å². The molecule has 1 aromatic carbocycles. The van der Waals surface area contributed by atoms with E-state index in [1.807, 2.05) is 31.2 Å². The lowest BCUT2D eigenvalue weighted by Crippen LogP contribution is -2.23. The molecule has 0 aliphatic carbocycles. The number of halogens is 1. The molecular formula is C15H13BrN4O. The number of nitrogens with one attached hydrogen (secondary N) is 1. The topological polar surface area (TPSA) is 59.3 Å². The third-order valence-electron chi connectivity index (χ3n) is 3.14. The number of benzene rings is 1. The van der Waals surface area contributed by atoms with Crippen molar-refractivity contribution in [2.75, 3.05) is 0 Å². The number of hydrogen-bond donors (Lipinski definition) is 1. The van der Waals surface area contributed by atoms with Crippen molar-refractivity contribution in [1.29, 1.82) is 0 Å². The maximum atomic E-state index is 12.4. The average Bonchev–Trinajstić information content (AvgIpc) is 2.81. The smallest absolute Gasteiger partial charge is 0.257 e. The van der Waals surface area contributed by atoms with Gasteiger partial charge in [0.05, 0.1) is 5.69 Å². The van der Waals surface area contributed by atoms with Crippen LogP contribution in [0.15, 0.2) is 47.2 Å². The van der Waals surface area contributed by atoms with E-state index in [1.165, 1.54) is 0 Å². The third-order valence-corrected chi connectivity index (χ3v) is 3.63. The number of amides is 1. The third kappa shape index (κ3) is 2.80. The van der Waals surface area contributed by atoms with Crippen LogP contribution in [-0.2, 0) is 6.54 Å². The fraction of sp³-hybridized carbons (Fsp3) is 0.133. The first-order valence-corrected chi connectivity index (χ1v) is 7.27. The van der Waals surface area contributed by atoms with Gasteiger partial charge in [-0.3, -0.25) is 4.79 Å². The highest BCUT2D eigenvalue weighted by Gasteiger charge is 2.17. The molecule has 0 atom stereocenters. The quantitative estimate of drug-likeness (QED) is 0.794. The summed E-state index contributed by atoms with van der Waals surface area (Å²) in [5.41, 5.74) is 2.78. The van der Waals surface area contributed by atoms with Crippen molar-refractivity contribution in [1.82, 2.24) is 19.9 Å². The second kappa shape index (κ2) is 5.65. The van der Waals surface area contributed by atoms with Crippen LogP contribution in [0.25, 0.3) is 5.65 Å². The highest BCUT2D eigenvalue weighted by Crippen LogP contribution is 2.14. The molecule has 3 rings (SSSR count). The first-order chi connectivity index (χ1) is 10.1. The molecule has 0 saturated carbocycles. The lowest BCUT2D eigenvalue weighted by atomic mass is 10.2. The Labute approximate surface area is 130 Å². The van der Waals surface area contributed by atoms with Gasteiger partial charge in [0.25, 0.3) is 5.91 Å². The number of nitrogens with zero attached hydrogens (tertiary/aromatic N) is 3. The summed E-state index contributed by atoms with van der Waals surface area (Å²) in [6, 6.07) is 9.61. The Morgan fingerprint density at radius 1 is 1.38 bits per heavy atom. The van der Waals surface area contributed by atoms with Crippen molar-refractivity contribution < 1.29 is 4.79 Å². The van der Waals surface area contributed by atoms with Crippen molar-refractivity contribution in [3.63, 3.8) is 0 Å². The van der Waals surface area contributed by atoms with Crippen LogP contribution in [0.1, 0.15) is 21.6 Å². The molecule has 21 heavy (non-hydrogen) atoms. The van der Waals surface area contributed by atoms with E-state index in [0.717, 1.165) is 10.0 Å². The number of aromatic nitrogens is 3. The van der Waals surface area contributed by atoms with Gasteiger partial charge in [-0.15, -0.1) is 0 Å². The Morgan fingerprint density at radius 3 is 3.05 bits per heavy atom. The maximum absolute atomic E-state index is 12.4. The summed E-state index contributed by atoms with van der Waals surface area (Å²) in [5, 5.41) is 7.20. The molecule has 106 valence electrons. The number of carbonyl (C=O) groups is 1. The second-order valence-electron chi connectivity index (χ2n) is 4.66. The van der Waals surface area contributed by atoms with Crippen LogP contribution in [0.4, 0.5) is 0 Å². The summed E-state index contributed by atoms with van der Waals surface area (Å²) >= 11 is 3.42. The summed E-state index contributed by atoms with van der Waals surface area (Å²) in [4.78, 5) is 16.6. The first-order valence-electron chi connectivity index (χ1n) is 6.48. The molecule has 0 aliphatic rings. The number of rotatable bonds is 3. The van der Waals surface area contributed by atoms with Crippen molar-refractivity contribution in [2.45, 2.75) is 13.5 Å². The Balaban J connectivity index is 1.83. The molecule has 0 radical (unpaired) electrons.